The number of methoxy groups -OCH3 is 1. The molecule has 1 aromatic rings. The van der Waals surface area contributed by atoms with Gasteiger partial charge in [-0.05, 0) is 43.5 Å². The molecule has 0 aromatic heterocycles. The molecule has 0 spiro atoms. The fourth-order valence-electron chi connectivity index (χ4n) is 2.66. The van der Waals surface area contributed by atoms with Crippen LogP contribution in [0.2, 0.25) is 0 Å². The highest BCUT2D eigenvalue weighted by molar-refractivity contribution is 5.27. The number of nitrogens with one attached hydrogen (secondary N) is 1. The summed E-state index contributed by atoms with van der Waals surface area (Å²) in [6, 6.07) is 8.87. The van der Waals surface area contributed by atoms with Crippen molar-refractivity contribution in [2.24, 2.45) is 0 Å². The van der Waals surface area contributed by atoms with Gasteiger partial charge in [0, 0.05) is 33.4 Å². The lowest BCUT2D eigenvalue weighted by Crippen LogP contribution is -2.32. The van der Waals surface area contributed by atoms with E-state index in [1.165, 1.54) is 30.5 Å². The van der Waals surface area contributed by atoms with E-state index in [2.05, 4.69) is 34.5 Å². The van der Waals surface area contributed by atoms with Crippen LogP contribution >= 0.6 is 0 Å². The Morgan fingerprint density at radius 1 is 1.21 bits per heavy atom. The third kappa shape index (κ3) is 4.94. The Hall–Kier alpha value is -0.900. The molecule has 1 aliphatic rings. The molecule has 0 fully saturated rings. The molecule has 106 valence electrons. The molecular formula is C16H26N2O. The third-order valence-corrected chi connectivity index (χ3v) is 3.74. The van der Waals surface area contributed by atoms with Gasteiger partial charge in [0.2, 0.25) is 0 Å². The van der Waals surface area contributed by atoms with Crippen molar-refractivity contribution in [2.75, 3.05) is 39.9 Å². The van der Waals surface area contributed by atoms with Gasteiger partial charge in [0.15, 0.2) is 0 Å². The smallest absolute Gasteiger partial charge is 0.0474 e. The van der Waals surface area contributed by atoms with Gasteiger partial charge < -0.3 is 10.1 Å². The lowest BCUT2D eigenvalue weighted by atomic mass is 10.0. The van der Waals surface area contributed by atoms with Crippen molar-refractivity contribution < 1.29 is 4.74 Å². The number of benzene rings is 1. The Bertz CT molecular complexity index is 368. The van der Waals surface area contributed by atoms with E-state index < -0.39 is 0 Å². The quantitative estimate of drug-likeness (QED) is 0.761. The standard InChI is InChI=1S/C16H26N2O/c1-19-13-5-9-17-10-12-18-11-4-8-15-6-2-3-7-16(15)14-18/h2-3,6-7,17H,4-5,8-14H2,1H3. The highest BCUT2D eigenvalue weighted by atomic mass is 16.5. The van der Waals surface area contributed by atoms with Gasteiger partial charge in [0.25, 0.3) is 0 Å². The van der Waals surface area contributed by atoms with Crippen molar-refractivity contribution in [1.82, 2.24) is 10.2 Å². The summed E-state index contributed by atoms with van der Waals surface area (Å²) in [6.45, 7) is 6.44. The van der Waals surface area contributed by atoms with Crippen LogP contribution < -0.4 is 5.32 Å². The second-order valence-corrected chi connectivity index (χ2v) is 5.24. The molecule has 0 aliphatic carbocycles. The maximum absolute atomic E-state index is 5.04. The summed E-state index contributed by atoms with van der Waals surface area (Å²) in [5, 5.41) is 3.49. The lowest BCUT2D eigenvalue weighted by molar-refractivity contribution is 0.193. The van der Waals surface area contributed by atoms with Crippen LogP contribution in [0.3, 0.4) is 0 Å². The van der Waals surface area contributed by atoms with E-state index in [1.807, 2.05) is 0 Å². The van der Waals surface area contributed by atoms with Gasteiger partial charge in [-0.25, -0.2) is 0 Å². The first-order valence-corrected chi connectivity index (χ1v) is 7.39. The summed E-state index contributed by atoms with van der Waals surface area (Å²) in [7, 11) is 1.76. The Morgan fingerprint density at radius 3 is 2.89 bits per heavy atom. The lowest BCUT2D eigenvalue weighted by Gasteiger charge is -2.20. The molecule has 19 heavy (non-hydrogen) atoms. The van der Waals surface area contributed by atoms with Crippen molar-refractivity contribution in [3.8, 4) is 0 Å². The third-order valence-electron chi connectivity index (χ3n) is 3.74. The highest BCUT2D eigenvalue weighted by Gasteiger charge is 2.12. The fraction of sp³-hybridized carbons (Fsp3) is 0.625. The Balaban J connectivity index is 1.70. The molecular weight excluding hydrogens is 236 g/mol. The van der Waals surface area contributed by atoms with Gasteiger partial charge in [-0.1, -0.05) is 24.3 Å². The van der Waals surface area contributed by atoms with E-state index in [0.29, 0.717) is 0 Å². The first-order valence-electron chi connectivity index (χ1n) is 7.39. The summed E-state index contributed by atoms with van der Waals surface area (Å²) in [5.74, 6) is 0. The molecule has 0 saturated heterocycles. The molecule has 1 heterocycles. The van der Waals surface area contributed by atoms with Crippen LogP contribution in [-0.2, 0) is 17.7 Å². The molecule has 1 aromatic carbocycles. The zero-order chi connectivity index (χ0) is 13.3. The van der Waals surface area contributed by atoms with Crippen LogP contribution in [0.15, 0.2) is 24.3 Å². The Labute approximate surface area is 116 Å². The number of fused-ring (bicyclic) bond motifs is 1. The topological polar surface area (TPSA) is 24.5 Å². The summed E-state index contributed by atoms with van der Waals surface area (Å²) >= 11 is 0. The molecule has 2 rings (SSSR count). The largest absolute Gasteiger partial charge is 0.385 e. The average Bonchev–Trinajstić information content (AvgIpc) is 2.64. The second kappa shape index (κ2) is 8.31. The number of aryl methyl sites for hydroxylation is 1. The van der Waals surface area contributed by atoms with Crippen LogP contribution in [0.4, 0.5) is 0 Å². The van der Waals surface area contributed by atoms with E-state index in [0.717, 1.165) is 39.2 Å². The zero-order valence-corrected chi connectivity index (χ0v) is 12.0. The van der Waals surface area contributed by atoms with Crippen molar-refractivity contribution in [3.05, 3.63) is 35.4 Å². The maximum atomic E-state index is 5.04. The van der Waals surface area contributed by atoms with Crippen molar-refractivity contribution in [1.29, 1.82) is 0 Å². The molecule has 0 amide bonds. The van der Waals surface area contributed by atoms with E-state index in [9.17, 15) is 0 Å². The van der Waals surface area contributed by atoms with Crippen LogP contribution in [0.5, 0.6) is 0 Å². The number of nitrogens with zero attached hydrogens (tertiary/aromatic N) is 1. The Kier molecular flexibility index (Phi) is 6.34. The van der Waals surface area contributed by atoms with Crippen LogP contribution in [0.25, 0.3) is 0 Å². The van der Waals surface area contributed by atoms with Gasteiger partial charge in [-0.3, -0.25) is 4.90 Å². The second-order valence-electron chi connectivity index (χ2n) is 5.24. The van der Waals surface area contributed by atoms with Crippen molar-refractivity contribution in [2.45, 2.75) is 25.8 Å². The SMILES string of the molecule is COCCCNCCN1CCCc2ccccc2C1. The van der Waals surface area contributed by atoms with Gasteiger partial charge >= 0.3 is 0 Å². The average molecular weight is 262 g/mol. The monoisotopic (exact) mass is 262 g/mol. The summed E-state index contributed by atoms with van der Waals surface area (Å²) in [6.07, 6.45) is 3.61. The van der Waals surface area contributed by atoms with Crippen LogP contribution in [0.1, 0.15) is 24.0 Å². The molecule has 0 bridgehead atoms. The molecule has 3 nitrogen and oxygen atoms in total. The summed E-state index contributed by atoms with van der Waals surface area (Å²) in [4.78, 5) is 2.56. The number of ether oxygens (including phenoxy) is 1. The summed E-state index contributed by atoms with van der Waals surface area (Å²) in [5.41, 5.74) is 3.05. The molecule has 0 unspecified atom stereocenters. The Morgan fingerprint density at radius 2 is 2.05 bits per heavy atom. The normalized spacial score (nSPS) is 16.1. The molecule has 0 atom stereocenters. The van der Waals surface area contributed by atoms with Gasteiger partial charge in [-0.15, -0.1) is 0 Å². The van der Waals surface area contributed by atoms with E-state index in [4.69, 9.17) is 4.74 Å². The minimum atomic E-state index is 0.851. The molecule has 3 heteroatoms. The fourth-order valence-corrected chi connectivity index (χ4v) is 2.66. The van der Waals surface area contributed by atoms with Crippen molar-refractivity contribution >= 4 is 0 Å². The predicted octanol–water partition coefficient (Wildman–Crippen LogP) is 2.06. The maximum Gasteiger partial charge on any atom is 0.0474 e. The first-order chi connectivity index (χ1) is 9.40. The highest BCUT2D eigenvalue weighted by Crippen LogP contribution is 2.17. The van der Waals surface area contributed by atoms with E-state index >= 15 is 0 Å². The van der Waals surface area contributed by atoms with Gasteiger partial charge in [0.05, 0.1) is 0 Å². The molecule has 0 radical (unpaired) electrons. The zero-order valence-electron chi connectivity index (χ0n) is 12.0. The van der Waals surface area contributed by atoms with Gasteiger partial charge in [0.1, 0.15) is 0 Å². The number of hydrogen-bond donors (Lipinski definition) is 1. The minimum absolute atomic E-state index is 0.851. The molecule has 1 N–H and O–H groups in total. The van der Waals surface area contributed by atoms with Gasteiger partial charge in [-0.2, -0.15) is 0 Å². The van der Waals surface area contributed by atoms with E-state index in [-0.39, 0.29) is 0 Å². The molecule has 1 aliphatic heterocycles. The minimum Gasteiger partial charge on any atom is -0.385 e. The molecule has 0 saturated carbocycles. The number of rotatable bonds is 7. The summed E-state index contributed by atoms with van der Waals surface area (Å²) < 4.78 is 5.04. The number of hydrogen-bond acceptors (Lipinski definition) is 3. The van der Waals surface area contributed by atoms with Crippen LogP contribution in [0, 0.1) is 0 Å². The predicted molar refractivity (Wildman–Crippen MR) is 79.4 cm³/mol. The van der Waals surface area contributed by atoms with E-state index in [1.54, 1.807) is 7.11 Å². The first kappa shape index (κ1) is 14.5. The van der Waals surface area contributed by atoms with Crippen LogP contribution in [-0.4, -0.2) is 44.8 Å². The van der Waals surface area contributed by atoms with Crippen molar-refractivity contribution in [3.63, 3.8) is 0 Å².